The van der Waals surface area contributed by atoms with Gasteiger partial charge in [0.05, 0.1) is 6.61 Å². The molecule has 1 heterocycles. The highest BCUT2D eigenvalue weighted by Gasteiger charge is 2.31. The average molecular weight is 261 g/mol. The zero-order valence-corrected chi connectivity index (χ0v) is 12.8. The van der Waals surface area contributed by atoms with E-state index in [2.05, 4.69) is 49.9 Å². The fraction of sp³-hybridized carbons (Fsp3) is 0.647. The molecule has 106 valence electrons. The number of rotatable bonds is 3. The second kappa shape index (κ2) is 6.06. The van der Waals surface area contributed by atoms with Gasteiger partial charge >= 0.3 is 0 Å². The van der Waals surface area contributed by atoms with Crippen LogP contribution in [-0.4, -0.2) is 38.3 Å². The van der Waals surface area contributed by atoms with Crippen LogP contribution in [0.5, 0.6) is 0 Å². The average Bonchev–Trinajstić information content (AvgIpc) is 2.55. The Morgan fingerprint density at radius 1 is 1.26 bits per heavy atom. The highest BCUT2D eigenvalue weighted by Crippen LogP contribution is 2.38. The third-order valence-corrected chi connectivity index (χ3v) is 4.23. The summed E-state index contributed by atoms with van der Waals surface area (Å²) in [5.74, 6) is 0.600. The van der Waals surface area contributed by atoms with Crippen molar-refractivity contribution in [1.82, 2.24) is 4.90 Å². The largest absolute Gasteiger partial charge is 0.383 e. The zero-order chi connectivity index (χ0) is 13.9. The summed E-state index contributed by atoms with van der Waals surface area (Å²) in [6.07, 6.45) is 1.16. The molecule has 0 radical (unpaired) electrons. The minimum Gasteiger partial charge on any atom is -0.383 e. The van der Waals surface area contributed by atoms with Crippen molar-refractivity contribution in [3.05, 3.63) is 35.4 Å². The first-order valence-electron chi connectivity index (χ1n) is 7.31. The number of methoxy groups -OCH3 is 1. The highest BCUT2D eigenvalue weighted by atomic mass is 16.5. The van der Waals surface area contributed by atoms with E-state index in [1.165, 1.54) is 5.56 Å². The molecule has 1 atom stereocenters. The van der Waals surface area contributed by atoms with Crippen molar-refractivity contribution in [2.24, 2.45) is 5.41 Å². The van der Waals surface area contributed by atoms with Crippen LogP contribution >= 0.6 is 0 Å². The normalized spacial score (nSPS) is 20.9. The lowest BCUT2D eigenvalue weighted by atomic mass is 9.75. The van der Waals surface area contributed by atoms with Gasteiger partial charge in [-0.2, -0.15) is 0 Å². The van der Waals surface area contributed by atoms with Gasteiger partial charge in [-0.1, -0.05) is 45.0 Å². The molecule has 1 unspecified atom stereocenters. The molecule has 19 heavy (non-hydrogen) atoms. The molecule has 0 aromatic heterocycles. The highest BCUT2D eigenvalue weighted by molar-refractivity contribution is 5.33. The van der Waals surface area contributed by atoms with Gasteiger partial charge in [0, 0.05) is 32.7 Å². The van der Waals surface area contributed by atoms with Crippen LogP contribution in [0.4, 0.5) is 0 Å². The van der Waals surface area contributed by atoms with Crippen molar-refractivity contribution in [2.45, 2.75) is 33.1 Å². The Bertz CT molecular complexity index is 408. The van der Waals surface area contributed by atoms with Crippen molar-refractivity contribution in [1.29, 1.82) is 0 Å². The molecule has 0 bridgehead atoms. The SMILES string of the molecule is COCCN1CCc2ccccc2C(C(C)(C)C)C1. The lowest BCUT2D eigenvalue weighted by Crippen LogP contribution is -2.35. The first-order valence-corrected chi connectivity index (χ1v) is 7.31. The van der Waals surface area contributed by atoms with E-state index in [1.54, 1.807) is 12.7 Å². The first-order chi connectivity index (χ1) is 9.02. The molecule has 1 aromatic carbocycles. The second-order valence-corrected chi connectivity index (χ2v) is 6.66. The maximum atomic E-state index is 5.24. The predicted octanol–water partition coefficient (Wildman–Crippen LogP) is 3.32. The van der Waals surface area contributed by atoms with E-state index < -0.39 is 0 Å². The van der Waals surface area contributed by atoms with Crippen LogP contribution in [0.25, 0.3) is 0 Å². The van der Waals surface area contributed by atoms with Gasteiger partial charge in [-0.25, -0.2) is 0 Å². The molecule has 0 spiro atoms. The van der Waals surface area contributed by atoms with Gasteiger partial charge in [-0.05, 0) is 23.0 Å². The predicted molar refractivity (Wildman–Crippen MR) is 80.7 cm³/mol. The molecule has 2 nitrogen and oxygen atoms in total. The summed E-state index contributed by atoms with van der Waals surface area (Å²) in [6, 6.07) is 8.98. The smallest absolute Gasteiger partial charge is 0.0589 e. The molecule has 1 aromatic rings. The van der Waals surface area contributed by atoms with Crippen LogP contribution in [-0.2, 0) is 11.2 Å². The Hall–Kier alpha value is -0.860. The Labute approximate surface area is 117 Å². The third kappa shape index (κ3) is 3.58. The number of hydrogen-bond acceptors (Lipinski definition) is 2. The van der Waals surface area contributed by atoms with Gasteiger partial charge < -0.3 is 9.64 Å². The molecule has 0 aliphatic carbocycles. The molecule has 0 N–H and O–H groups in total. The van der Waals surface area contributed by atoms with Gasteiger partial charge in [0.15, 0.2) is 0 Å². The van der Waals surface area contributed by atoms with E-state index >= 15 is 0 Å². The quantitative estimate of drug-likeness (QED) is 0.827. The van der Waals surface area contributed by atoms with E-state index in [0.717, 1.165) is 32.7 Å². The molecule has 0 saturated heterocycles. The van der Waals surface area contributed by atoms with Gasteiger partial charge in [-0.3, -0.25) is 0 Å². The molecular formula is C17H27NO. The summed E-state index contributed by atoms with van der Waals surface area (Å²) in [5.41, 5.74) is 3.38. The van der Waals surface area contributed by atoms with Gasteiger partial charge in [-0.15, -0.1) is 0 Å². The summed E-state index contributed by atoms with van der Waals surface area (Å²) in [7, 11) is 1.79. The van der Waals surface area contributed by atoms with Crippen LogP contribution in [0.15, 0.2) is 24.3 Å². The number of hydrogen-bond donors (Lipinski definition) is 0. The van der Waals surface area contributed by atoms with Crippen LogP contribution in [0.1, 0.15) is 37.8 Å². The molecule has 1 aliphatic heterocycles. The Kier molecular flexibility index (Phi) is 4.64. The van der Waals surface area contributed by atoms with E-state index in [-0.39, 0.29) is 0 Å². The maximum absolute atomic E-state index is 5.24. The van der Waals surface area contributed by atoms with Gasteiger partial charge in [0.25, 0.3) is 0 Å². The Morgan fingerprint density at radius 2 is 2.00 bits per heavy atom. The number of nitrogens with zero attached hydrogens (tertiary/aromatic N) is 1. The fourth-order valence-electron chi connectivity index (χ4n) is 2.99. The van der Waals surface area contributed by atoms with Crippen LogP contribution in [0.2, 0.25) is 0 Å². The second-order valence-electron chi connectivity index (χ2n) is 6.66. The number of fused-ring (bicyclic) bond motifs is 1. The van der Waals surface area contributed by atoms with Gasteiger partial charge in [0.1, 0.15) is 0 Å². The summed E-state index contributed by atoms with van der Waals surface area (Å²) in [6.45, 7) is 11.2. The van der Waals surface area contributed by atoms with Crippen molar-refractivity contribution in [2.75, 3.05) is 33.4 Å². The Morgan fingerprint density at radius 3 is 2.68 bits per heavy atom. The number of ether oxygens (including phenoxy) is 1. The van der Waals surface area contributed by atoms with Crippen LogP contribution < -0.4 is 0 Å². The lowest BCUT2D eigenvalue weighted by molar-refractivity contribution is 0.134. The lowest BCUT2D eigenvalue weighted by Gasteiger charge is -2.34. The van der Waals surface area contributed by atoms with Crippen molar-refractivity contribution in [3.8, 4) is 0 Å². The molecule has 0 saturated carbocycles. The molecule has 2 heteroatoms. The number of benzene rings is 1. The van der Waals surface area contributed by atoms with E-state index in [4.69, 9.17) is 4.74 Å². The summed E-state index contributed by atoms with van der Waals surface area (Å²) in [4.78, 5) is 2.55. The molecular weight excluding hydrogens is 234 g/mol. The minimum atomic E-state index is 0.297. The zero-order valence-electron chi connectivity index (χ0n) is 12.8. The summed E-state index contributed by atoms with van der Waals surface area (Å²) in [5, 5.41) is 0. The van der Waals surface area contributed by atoms with Crippen molar-refractivity contribution in [3.63, 3.8) is 0 Å². The summed E-state index contributed by atoms with van der Waals surface area (Å²) >= 11 is 0. The molecule has 2 rings (SSSR count). The standard InChI is InChI=1S/C17H27NO/c1-17(2,3)16-13-18(11-12-19-4)10-9-14-7-5-6-8-15(14)16/h5-8,16H,9-13H2,1-4H3. The van der Waals surface area contributed by atoms with Gasteiger partial charge in [0.2, 0.25) is 0 Å². The van der Waals surface area contributed by atoms with E-state index in [0.29, 0.717) is 11.3 Å². The van der Waals surface area contributed by atoms with Crippen LogP contribution in [0, 0.1) is 5.41 Å². The minimum absolute atomic E-state index is 0.297. The fourth-order valence-corrected chi connectivity index (χ4v) is 2.99. The first kappa shape index (κ1) is 14.5. The molecule has 0 fully saturated rings. The van der Waals surface area contributed by atoms with Crippen molar-refractivity contribution >= 4 is 0 Å². The van der Waals surface area contributed by atoms with Crippen LogP contribution in [0.3, 0.4) is 0 Å². The van der Waals surface area contributed by atoms with E-state index in [9.17, 15) is 0 Å². The van der Waals surface area contributed by atoms with E-state index in [1.807, 2.05) is 0 Å². The van der Waals surface area contributed by atoms with Crippen molar-refractivity contribution < 1.29 is 4.74 Å². The topological polar surface area (TPSA) is 12.5 Å². The molecule has 0 amide bonds. The maximum Gasteiger partial charge on any atom is 0.0589 e. The monoisotopic (exact) mass is 261 g/mol. The molecule has 1 aliphatic rings. The Balaban J connectivity index is 2.25. The summed E-state index contributed by atoms with van der Waals surface area (Å²) < 4.78 is 5.24. The third-order valence-electron chi connectivity index (χ3n) is 4.23.